The highest BCUT2D eigenvalue weighted by Gasteiger charge is 2.16. The highest BCUT2D eigenvalue weighted by Crippen LogP contribution is 2.22. The highest BCUT2D eigenvalue weighted by atomic mass is 32.2. The van der Waals surface area contributed by atoms with Crippen LogP contribution in [0, 0.1) is 5.41 Å². The number of hydrogen-bond acceptors (Lipinski definition) is 3. The van der Waals surface area contributed by atoms with Crippen molar-refractivity contribution in [1.82, 2.24) is 9.97 Å². The summed E-state index contributed by atoms with van der Waals surface area (Å²) in [7, 11) is 0. The molecule has 0 saturated heterocycles. The molecule has 0 aliphatic carbocycles. The van der Waals surface area contributed by atoms with Crippen LogP contribution in [0.2, 0.25) is 0 Å². The molecule has 1 aromatic rings. The van der Waals surface area contributed by atoms with Crippen molar-refractivity contribution in [2.75, 3.05) is 11.5 Å². The van der Waals surface area contributed by atoms with Gasteiger partial charge in [0, 0.05) is 16.8 Å². The molecule has 0 aliphatic rings. The molecule has 0 atom stereocenters. The minimum absolute atomic E-state index is 0.107. The third-order valence-corrected chi connectivity index (χ3v) is 4.09. The van der Waals surface area contributed by atoms with Crippen molar-refractivity contribution in [3.8, 4) is 0 Å². The number of nitrogens with zero attached hydrogens (tertiary/aromatic N) is 2. The van der Waals surface area contributed by atoms with Gasteiger partial charge in [0.15, 0.2) is 0 Å². The van der Waals surface area contributed by atoms with Crippen molar-refractivity contribution in [1.29, 1.82) is 0 Å². The highest BCUT2D eigenvalue weighted by molar-refractivity contribution is 7.99. The van der Waals surface area contributed by atoms with Crippen LogP contribution in [0.5, 0.6) is 0 Å². The van der Waals surface area contributed by atoms with Crippen molar-refractivity contribution >= 4 is 11.8 Å². The Morgan fingerprint density at radius 3 is 2.28 bits per heavy atom. The van der Waals surface area contributed by atoms with E-state index in [0.29, 0.717) is 5.41 Å². The van der Waals surface area contributed by atoms with E-state index in [1.54, 1.807) is 6.33 Å². The number of aryl methyl sites for hydroxylation is 1. The average molecular weight is 266 g/mol. The lowest BCUT2D eigenvalue weighted by Crippen LogP contribution is -2.14. The van der Waals surface area contributed by atoms with E-state index in [1.807, 2.05) is 11.8 Å². The van der Waals surface area contributed by atoms with E-state index >= 15 is 0 Å². The van der Waals surface area contributed by atoms with Crippen LogP contribution in [-0.4, -0.2) is 21.5 Å². The summed E-state index contributed by atoms with van der Waals surface area (Å²) in [4.78, 5) is 8.72. The molecule has 0 radical (unpaired) electrons. The number of hydrogen-bond donors (Lipinski definition) is 0. The van der Waals surface area contributed by atoms with Crippen molar-refractivity contribution < 1.29 is 0 Å². The minimum Gasteiger partial charge on any atom is -0.241 e. The Balaban J connectivity index is 2.49. The van der Waals surface area contributed by atoms with Crippen LogP contribution >= 0.6 is 11.8 Å². The van der Waals surface area contributed by atoms with Crippen LogP contribution < -0.4 is 0 Å². The fourth-order valence-corrected chi connectivity index (χ4v) is 2.61. The van der Waals surface area contributed by atoms with Gasteiger partial charge in [-0.25, -0.2) is 9.97 Å². The zero-order valence-electron chi connectivity index (χ0n) is 12.6. The summed E-state index contributed by atoms with van der Waals surface area (Å²) in [5, 5.41) is 0. The molecule has 1 rings (SSSR count). The lowest BCUT2D eigenvalue weighted by molar-refractivity contribution is 0.481. The number of thioether (sulfide) groups is 1. The predicted molar refractivity (Wildman–Crippen MR) is 81.2 cm³/mol. The molecule has 102 valence electrons. The molecular weight excluding hydrogens is 240 g/mol. The van der Waals surface area contributed by atoms with Gasteiger partial charge in [-0.15, -0.1) is 0 Å². The van der Waals surface area contributed by atoms with Gasteiger partial charge in [0.25, 0.3) is 0 Å². The summed E-state index contributed by atoms with van der Waals surface area (Å²) < 4.78 is 0. The molecule has 1 aromatic heterocycles. The van der Waals surface area contributed by atoms with Crippen LogP contribution in [0.3, 0.4) is 0 Å². The molecule has 1 heterocycles. The number of aromatic nitrogens is 2. The zero-order chi connectivity index (χ0) is 13.8. The van der Waals surface area contributed by atoms with Gasteiger partial charge in [-0.3, -0.25) is 0 Å². The van der Waals surface area contributed by atoms with E-state index in [2.05, 4.69) is 57.6 Å². The second kappa shape index (κ2) is 6.05. The number of rotatable bonds is 4. The molecule has 2 nitrogen and oxygen atoms in total. The molecule has 0 bridgehead atoms. The van der Waals surface area contributed by atoms with Crippen LogP contribution in [0.1, 0.15) is 52.9 Å². The maximum Gasteiger partial charge on any atom is 0.115 e. The van der Waals surface area contributed by atoms with E-state index < -0.39 is 0 Å². The topological polar surface area (TPSA) is 25.8 Å². The summed E-state index contributed by atoms with van der Waals surface area (Å²) in [6.07, 6.45) is 2.73. The van der Waals surface area contributed by atoms with Gasteiger partial charge in [-0.05, 0) is 29.4 Å². The molecular formula is C15H26N2S. The monoisotopic (exact) mass is 266 g/mol. The fraction of sp³-hybridized carbons (Fsp3) is 0.733. The summed E-state index contributed by atoms with van der Waals surface area (Å²) in [5.74, 6) is 2.34. The Morgan fingerprint density at radius 1 is 1.06 bits per heavy atom. The third-order valence-electron chi connectivity index (χ3n) is 2.53. The van der Waals surface area contributed by atoms with Crippen LogP contribution in [0.25, 0.3) is 0 Å². The molecule has 0 aliphatic heterocycles. The van der Waals surface area contributed by atoms with Crippen LogP contribution in [0.15, 0.2) is 12.4 Å². The summed E-state index contributed by atoms with van der Waals surface area (Å²) >= 11 is 2.01. The van der Waals surface area contributed by atoms with Crippen molar-refractivity contribution in [2.24, 2.45) is 5.41 Å². The first-order chi connectivity index (χ1) is 8.18. The molecule has 18 heavy (non-hydrogen) atoms. The van der Waals surface area contributed by atoms with Crippen molar-refractivity contribution in [3.05, 3.63) is 23.8 Å². The maximum absolute atomic E-state index is 4.36. The average Bonchev–Trinajstić information content (AvgIpc) is 2.22. The Labute approximate surface area is 116 Å². The quantitative estimate of drug-likeness (QED) is 0.767. The maximum atomic E-state index is 4.36. The molecule has 0 saturated carbocycles. The molecule has 0 amide bonds. The van der Waals surface area contributed by atoms with Crippen molar-refractivity contribution in [3.63, 3.8) is 0 Å². The van der Waals surface area contributed by atoms with Gasteiger partial charge in [-0.1, -0.05) is 41.5 Å². The van der Waals surface area contributed by atoms with Gasteiger partial charge in [-0.2, -0.15) is 11.8 Å². The Kier molecular flexibility index (Phi) is 5.20. The first kappa shape index (κ1) is 15.5. The van der Waals surface area contributed by atoms with E-state index in [0.717, 1.165) is 23.6 Å². The summed E-state index contributed by atoms with van der Waals surface area (Å²) in [6, 6.07) is 2.15. The summed E-state index contributed by atoms with van der Waals surface area (Å²) in [6.45, 7) is 13.4. The van der Waals surface area contributed by atoms with Gasteiger partial charge in [0.05, 0.1) is 0 Å². The summed E-state index contributed by atoms with van der Waals surface area (Å²) in [5.41, 5.74) is 2.81. The largest absolute Gasteiger partial charge is 0.241 e. The molecule has 0 aromatic carbocycles. The molecule has 0 unspecified atom stereocenters. The SMILES string of the molecule is CC(C)(C)CSCCc1cc(C(C)(C)C)ncn1. The molecule has 0 spiro atoms. The predicted octanol–water partition coefficient (Wildman–Crippen LogP) is 4.10. The van der Waals surface area contributed by atoms with Gasteiger partial charge in [0.1, 0.15) is 6.33 Å². The molecule has 0 fully saturated rings. The first-order valence-electron chi connectivity index (χ1n) is 6.58. The lowest BCUT2D eigenvalue weighted by atomic mass is 9.91. The van der Waals surface area contributed by atoms with E-state index in [4.69, 9.17) is 0 Å². The molecule has 0 N–H and O–H groups in total. The third kappa shape index (κ3) is 5.85. The first-order valence-corrected chi connectivity index (χ1v) is 7.73. The van der Waals surface area contributed by atoms with E-state index in [1.165, 1.54) is 5.75 Å². The molecule has 3 heteroatoms. The van der Waals surface area contributed by atoms with Crippen LogP contribution in [-0.2, 0) is 11.8 Å². The Bertz CT molecular complexity index is 375. The van der Waals surface area contributed by atoms with E-state index in [-0.39, 0.29) is 5.41 Å². The smallest absolute Gasteiger partial charge is 0.115 e. The second-order valence-corrected chi connectivity index (χ2v) is 8.11. The van der Waals surface area contributed by atoms with Crippen LogP contribution in [0.4, 0.5) is 0 Å². The van der Waals surface area contributed by atoms with E-state index in [9.17, 15) is 0 Å². The Hall–Kier alpha value is -0.570. The van der Waals surface area contributed by atoms with Gasteiger partial charge < -0.3 is 0 Å². The van der Waals surface area contributed by atoms with Crippen molar-refractivity contribution in [2.45, 2.75) is 53.4 Å². The van der Waals surface area contributed by atoms with Gasteiger partial charge >= 0.3 is 0 Å². The minimum atomic E-state index is 0.107. The Morgan fingerprint density at radius 2 is 1.72 bits per heavy atom. The standard InChI is InChI=1S/C15H26N2S/c1-14(2,3)10-18-8-7-12-9-13(15(4,5)6)17-11-16-12/h9,11H,7-8,10H2,1-6H3. The lowest BCUT2D eigenvalue weighted by Gasteiger charge is -2.18. The fourth-order valence-electron chi connectivity index (χ4n) is 1.50. The zero-order valence-corrected chi connectivity index (χ0v) is 13.4. The van der Waals surface area contributed by atoms with Gasteiger partial charge in [0.2, 0.25) is 0 Å². The normalized spacial score (nSPS) is 12.8. The second-order valence-electron chi connectivity index (χ2n) is 7.01.